The molecule has 138 valence electrons. The highest BCUT2D eigenvalue weighted by molar-refractivity contribution is 5.80. The van der Waals surface area contributed by atoms with Crippen molar-refractivity contribution in [2.75, 3.05) is 24.5 Å². The zero-order valence-electron chi connectivity index (χ0n) is 15.8. The lowest BCUT2D eigenvalue weighted by molar-refractivity contribution is 0.468. The zero-order valence-corrected chi connectivity index (χ0v) is 15.8. The Morgan fingerprint density at radius 1 is 1.23 bits per heavy atom. The average Bonchev–Trinajstić information content (AvgIpc) is 2.68. The summed E-state index contributed by atoms with van der Waals surface area (Å²) >= 11 is 0. The summed E-state index contributed by atoms with van der Waals surface area (Å²) in [5.41, 5.74) is 3.50. The Labute approximate surface area is 156 Å². The standard InChI is InChI=1S/C21H29N5/c1-3-22-21(24-15-20-17(2)9-7-13-23-20)25-18-10-8-14-26(16-18)19-11-5-4-6-12-19/h4-7,9,11-13,18H,3,8,10,14-16H2,1-2H3,(H2,22,24,25). The third kappa shape index (κ3) is 4.97. The molecule has 1 aromatic heterocycles. The predicted octanol–water partition coefficient (Wildman–Crippen LogP) is 3.11. The molecule has 26 heavy (non-hydrogen) atoms. The number of para-hydroxylation sites is 1. The van der Waals surface area contributed by atoms with Crippen LogP contribution in [0.25, 0.3) is 0 Å². The first-order chi connectivity index (χ1) is 12.8. The van der Waals surface area contributed by atoms with Crippen molar-refractivity contribution in [2.45, 2.75) is 39.3 Å². The second kappa shape index (κ2) is 9.22. The molecule has 0 bridgehead atoms. The lowest BCUT2D eigenvalue weighted by atomic mass is 10.1. The fraction of sp³-hybridized carbons (Fsp3) is 0.429. The molecular weight excluding hydrogens is 322 g/mol. The van der Waals surface area contributed by atoms with Gasteiger partial charge in [0.05, 0.1) is 12.2 Å². The van der Waals surface area contributed by atoms with E-state index in [1.165, 1.54) is 17.7 Å². The molecule has 0 aliphatic carbocycles. The molecule has 2 N–H and O–H groups in total. The number of piperidine rings is 1. The van der Waals surface area contributed by atoms with Gasteiger partial charge in [0, 0.05) is 37.6 Å². The van der Waals surface area contributed by atoms with Gasteiger partial charge in [-0.25, -0.2) is 4.99 Å². The molecule has 0 spiro atoms. The summed E-state index contributed by atoms with van der Waals surface area (Å²) in [5.74, 6) is 0.873. The summed E-state index contributed by atoms with van der Waals surface area (Å²) in [6.07, 6.45) is 4.18. The van der Waals surface area contributed by atoms with Crippen LogP contribution in [0.3, 0.4) is 0 Å². The first-order valence-corrected chi connectivity index (χ1v) is 9.51. The Bertz CT molecular complexity index is 713. The van der Waals surface area contributed by atoms with Crippen LogP contribution in [0.5, 0.6) is 0 Å². The van der Waals surface area contributed by atoms with Crippen LogP contribution in [-0.2, 0) is 6.54 Å². The lowest BCUT2D eigenvalue weighted by Crippen LogP contribution is -2.51. The molecule has 5 nitrogen and oxygen atoms in total. The number of rotatable bonds is 5. The Morgan fingerprint density at radius 2 is 2.08 bits per heavy atom. The number of pyridine rings is 1. The Hall–Kier alpha value is -2.56. The van der Waals surface area contributed by atoms with Gasteiger partial charge in [-0.3, -0.25) is 4.98 Å². The molecule has 1 aliphatic heterocycles. The number of nitrogens with zero attached hydrogens (tertiary/aromatic N) is 3. The molecule has 1 saturated heterocycles. The number of hydrogen-bond donors (Lipinski definition) is 2. The van der Waals surface area contributed by atoms with Crippen LogP contribution >= 0.6 is 0 Å². The molecule has 1 aromatic carbocycles. The number of anilines is 1. The third-order valence-corrected chi connectivity index (χ3v) is 4.73. The molecule has 0 radical (unpaired) electrons. The van der Waals surface area contributed by atoms with Crippen molar-refractivity contribution < 1.29 is 0 Å². The minimum absolute atomic E-state index is 0.395. The minimum atomic E-state index is 0.395. The van der Waals surface area contributed by atoms with Gasteiger partial charge in [-0.2, -0.15) is 0 Å². The van der Waals surface area contributed by atoms with Crippen molar-refractivity contribution in [3.63, 3.8) is 0 Å². The first-order valence-electron chi connectivity index (χ1n) is 9.51. The summed E-state index contributed by atoms with van der Waals surface area (Å²) in [5, 5.41) is 6.98. The maximum absolute atomic E-state index is 4.75. The second-order valence-electron chi connectivity index (χ2n) is 6.73. The smallest absolute Gasteiger partial charge is 0.191 e. The van der Waals surface area contributed by atoms with E-state index in [9.17, 15) is 0 Å². The first kappa shape index (κ1) is 18.2. The Kier molecular flexibility index (Phi) is 6.47. The lowest BCUT2D eigenvalue weighted by Gasteiger charge is -2.35. The number of guanidine groups is 1. The van der Waals surface area contributed by atoms with Gasteiger partial charge < -0.3 is 15.5 Å². The molecule has 1 unspecified atom stereocenters. The number of hydrogen-bond acceptors (Lipinski definition) is 3. The predicted molar refractivity (Wildman–Crippen MR) is 109 cm³/mol. The van der Waals surface area contributed by atoms with E-state index in [2.05, 4.69) is 70.8 Å². The molecule has 5 heteroatoms. The van der Waals surface area contributed by atoms with Crippen molar-refractivity contribution in [2.24, 2.45) is 4.99 Å². The van der Waals surface area contributed by atoms with Crippen LogP contribution in [0.2, 0.25) is 0 Å². The zero-order chi connectivity index (χ0) is 18.2. The summed E-state index contributed by atoms with van der Waals surface area (Å²) in [4.78, 5) is 11.6. The number of aryl methyl sites for hydroxylation is 1. The van der Waals surface area contributed by atoms with Crippen LogP contribution in [0.15, 0.2) is 53.7 Å². The molecular formula is C21H29N5. The van der Waals surface area contributed by atoms with Crippen molar-refractivity contribution in [1.82, 2.24) is 15.6 Å². The molecule has 0 amide bonds. The fourth-order valence-corrected chi connectivity index (χ4v) is 3.32. The van der Waals surface area contributed by atoms with Gasteiger partial charge in [-0.05, 0) is 50.5 Å². The summed E-state index contributed by atoms with van der Waals surface area (Å²) in [6.45, 7) is 7.73. The monoisotopic (exact) mass is 351 g/mol. The molecule has 1 fully saturated rings. The third-order valence-electron chi connectivity index (χ3n) is 4.73. The minimum Gasteiger partial charge on any atom is -0.369 e. The quantitative estimate of drug-likeness (QED) is 0.642. The van der Waals surface area contributed by atoms with Crippen LogP contribution in [0.4, 0.5) is 5.69 Å². The Morgan fingerprint density at radius 3 is 2.85 bits per heavy atom. The average molecular weight is 351 g/mol. The normalized spacial score (nSPS) is 17.8. The molecule has 1 atom stereocenters. The van der Waals surface area contributed by atoms with Gasteiger partial charge in [0.25, 0.3) is 0 Å². The van der Waals surface area contributed by atoms with Crippen LogP contribution < -0.4 is 15.5 Å². The van der Waals surface area contributed by atoms with E-state index >= 15 is 0 Å². The number of aromatic nitrogens is 1. The summed E-state index contributed by atoms with van der Waals surface area (Å²) < 4.78 is 0. The number of aliphatic imine (C=N–C) groups is 1. The van der Waals surface area contributed by atoms with E-state index in [-0.39, 0.29) is 0 Å². The van der Waals surface area contributed by atoms with E-state index in [1.54, 1.807) is 0 Å². The van der Waals surface area contributed by atoms with E-state index in [4.69, 9.17) is 4.99 Å². The Balaban J connectivity index is 1.63. The number of benzene rings is 1. The van der Waals surface area contributed by atoms with Crippen molar-refractivity contribution in [3.8, 4) is 0 Å². The maximum atomic E-state index is 4.75. The summed E-state index contributed by atoms with van der Waals surface area (Å²) in [6, 6.07) is 15.1. The van der Waals surface area contributed by atoms with Gasteiger partial charge in [0.2, 0.25) is 0 Å². The highest BCUT2D eigenvalue weighted by Crippen LogP contribution is 2.19. The van der Waals surface area contributed by atoms with Crippen LogP contribution in [-0.4, -0.2) is 36.6 Å². The molecule has 1 aliphatic rings. The highest BCUT2D eigenvalue weighted by atomic mass is 15.2. The molecule has 2 heterocycles. The van der Waals surface area contributed by atoms with Crippen LogP contribution in [0, 0.1) is 6.92 Å². The maximum Gasteiger partial charge on any atom is 0.191 e. The largest absolute Gasteiger partial charge is 0.369 e. The van der Waals surface area contributed by atoms with Crippen molar-refractivity contribution >= 4 is 11.6 Å². The molecule has 3 rings (SSSR count). The van der Waals surface area contributed by atoms with Gasteiger partial charge in [0.1, 0.15) is 0 Å². The van der Waals surface area contributed by atoms with E-state index < -0.39 is 0 Å². The molecule has 2 aromatic rings. The second-order valence-corrected chi connectivity index (χ2v) is 6.73. The van der Waals surface area contributed by atoms with Crippen molar-refractivity contribution in [3.05, 3.63) is 59.9 Å². The van der Waals surface area contributed by atoms with E-state index in [0.717, 1.165) is 37.7 Å². The van der Waals surface area contributed by atoms with Gasteiger partial charge in [-0.15, -0.1) is 0 Å². The summed E-state index contributed by atoms with van der Waals surface area (Å²) in [7, 11) is 0. The van der Waals surface area contributed by atoms with Gasteiger partial charge in [0.15, 0.2) is 5.96 Å². The number of nitrogens with one attached hydrogen (secondary N) is 2. The van der Waals surface area contributed by atoms with Crippen molar-refractivity contribution in [1.29, 1.82) is 0 Å². The van der Waals surface area contributed by atoms with Crippen LogP contribution in [0.1, 0.15) is 31.0 Å². The highest BCUT2D eigenvalue weighted by Gasteiger charge is 2.20. The van der Waals surface area contributed by atoms with E-state index in [1.807, 2.05) is 12.3 Å². The SMILES string of the molecule is CCNC(=NCc1ncccc1C)NC1CCCN(c2ccccc2)C1. The van der Waals surface area contributed by atoms with Gasteiger partial charge in [-0.1, -0.05) is 24.3 Å². The van der Waals surface area contributed by atoms with Gasteiger partial charge >= 0.3 is 0 Å². The molecule has 0 saturated carbocycles. The fourth-order valence-electron chi connectivity index (χ4n) is 3.32. The van der Waals surface area contributed by atoms with E-state index in [0.29, 0.717) is 12.6 Å². The topological polar surface area (TPSA) is 52.6 Å².